The van der Waals surface area contributed by atoms with Crippen molar-refractivity contribution in [1.82, 2.24) is 0 Å². The van der Waals surface area contributed by atoms with E-state index in [0.29, 0.717) is 5.38 Å². The molecule has 0 aliphatic rings. The second-order valence-electron chi connectivity index (χ2n) is 4.83. The Morgan fingerprint density at radius 2 is 1.31 bits per heavy atom. The molecule has 0 aromatic heterocycles. The molecule has 16 heavy (non-hydrogen) atoms. The normalized spacial score (nSPS) is 12.6. The van der Waals surface area contributed by atoms with Crippen LogP contribution in [-0.2, 0) is 0 Å². The zero-order valence-electron chi connectivity index (χ0n) is 11.0. The van der Waals surface area contributed by atoms with Gasteiger partial charge in [-0.2, -0.15) is 0 Å². The van der Waals surface area contributed by atoms with Crippen LogP contribution in [0.5, 0.6) is 0 Å². The topological polar surface area (TPSA) is 0 Å². The average Bonchev–Trinajstić information content (AvgIpc) is 2.25. The molecule has 0 fully saturated rings. The molecule has 0 rings (SSSR count). The summed E-state index contributed by atoms with van der Waals surface area (Å²) >= 11 is 5.89. The van der Waals surface area contributed by atoms with E-state index in [0.717, 1.165) is 0 Å². The van der Waals surface area contributed by atoms with Crippen molar-refractivity contribution in [2.24, 2.45) is 0 Å². The molecule has 0 saturated carbocycles. The molecule has 1 heteroatoms. The van der Waals surface area contributed by atoms with Gasteiger partial charge in [0.25, 0.3) is 0 Å². The van der Waals surface area contributed by atoms with Gasteiger partial charge in [-0.05, 0) is 26.2 Å². The number of rotatable bonds is 12. The maximum absolute atomic E-state index is 5.89. The molecule has 0 aromatic carbocycles. The number of hydrogen-bond donors (Lipinski definition) is 0. The van der Waals surface area contributed by atoms with Gasteiger partial charge in [-0.15, -0.1) is 18.2 Å². The molecule has 1 unspecified atom stereocenters. The van der Waals surface area contributed by atoms with E-state index in [1.54, 1.807) is 0 Å². The van der Waals surface area contributed by atoms with Crippen LogP contribution in [0.25, 0.3) is 0 Å². The largest absolute Gasteiger partial charge is 0.123 e. The Labute approximate surface area is 107 Å². The number of unbranched alkanes of at least 4 members (excludes halogenated alkanes) is 9. The van der Waals surface area contributed by atoms with Gasteiger partial charge >= 0.3 is 0 Å². The van der Waals surface area contributed by atoms with Gasteiger partial charge in [-0.1, -0.05) is 57.4 Å². The first-order valence-corrected chi connectivity index (χ1v) is 7.46. The number of allylic oxidation sites excluding steroid dienone is 1. The Balaban J connectivity index is 2.90. The summed E-state index contributed by atoms with van der Waals surface area (Å²) in [4.78, 5) is 0. The molecule has 96 valence electrons. The number of alkyl halides is 1. The quantitative estimate of drug-likeness (QED) is 0.221. The van der Waals surface area contributed by atoms with E-state index in [1.165, 1.54) is 70.6 Å². The lowest BCUT2D eigenvalue weighted by Crippen LogP contribution is -1.90. The minimum atomic E-state index is 0.366. The van der Waals surface area contributed by atoms with Crippen LogP contribution in [0.2, 0.25) is 0 Å². The van der Waals surface area contributed by atoms with Crippen molar-refractivity contribution >= 4 is 11.6 Å². The summed E-state index contributed by atoms with van der Waals surface area (Å²) in [5, 5.41) is 0.366. The molecule has 0 nitrogen and oxygen atoms in total. The molecule has 0 spiro atoms. The highest BCUT2D eigenvalue weighted by atomic mass is 35.5. The van der Waals surface area contributed by atoms with Gasteiger partial charge in [0.1, 0.15) is 0 Å². The third-order valence-electron chi connectivity index (χ3n) is 3.01. The zero-order chi connectivity index (χ0) is 12.1. The fourth-order valence-electron chi connectivity index (χ4n) is 1.95. The Kier molecular flexibility index (Phi) is 13.1. The van der Waals surface area contributed by atoms with Gasteiger partial charge in [0.15, 0.2) is 0 Å². The highest BCUT2D eigenvalue weighted by molar-refractivity contribution is 6.20. The van der Waals surface area contributed by atoms with E-state index in [9.17, 15) is 0 Å². The molecule has 0 heterocycles. The second-order valence-corrected chi connectivity index (χ2v) is 5.57. The van der Waals surface area contributed by atoms with E-state index in [2.05, 4.69) is 13.5 Å². The lowest BCUT2D eigenvalue weighted by atomic mass is 10.1. The van der Waals surface area contributed by atoms with Gasteiger partial charge < -0.3 is 0 Å². The Morgan fingerprint density at radius 3 is 1.75 bits per heavy atom. The summed E-state index contributed by atoms with van der Waals surface area (Å²) < 4.78 is 0. The number of hydrogen-bond acceptors (Lipinski definition) is 0. The van der Waals surface area contributed by atoms with Crippen LogP contribution in [0.4, 0.5) is 0 Å². The van der Waals surface area contributed by atoms with Gasteiger partial charge in [0.05, 0.1) is 0 Å². The molecule has 0 aliphatic heterocycles. The first kappa shape index (κ1) is 16.0. The summed E-state index contributed by atoms with van der Waals surface area (Å²) in [5.74, 6) is 0. The van der Waals surface area contributed by atoms with Crippen molar-refractivity contribution in [2.45, 2.75) is 82.9 Å². The standard InChI is InChI=1S/C15H29Cl/c1-3-4-5-6-7-8-9-10-11-12-13-14-15(2)16/h3,15H,1,4-14H2,2H3. The predicted octanol–water partition coefficient (Wildman–Crippen LogP) is 6.09. The monoisotopic (exact) mass is 244 g/mol. The minimum Gasteiger partial charge on any atom is -0.123 e. The maximum Gasteiger partial charge on any atom is 0.0307 e. The van der Waals surface area contributed by atoms with Crippen LogP contribution in [0.3, 0.4) is 0 Å². The van der Waals surface area contributed by atoms with Crippen LogP contribution in [-0.4, -0.2) is 5.38 Å². The van der Waals surface area contributed by atoms with Crippen LogP contribution >= 0.6 is 11.6 Å². The molecule has 0 N–H and O–H groups in total. The van der Waals surface area contributed by atoms with Crippen LogP contribution < -0.4 is 0 Å². The molecule has 1 atom stereocenters. The Morgan fingerprint density at radius 1 is 0.875 bits per heavy atom. The SMILES string of the molecule is C=CCCCCCCCCCCCC(C)Cl. The summed E-state index contributed by atoms with van der Waals surface area (Å²) in [7, 11) is 0. The van der Waals surface area contributed by atoms with Crippen molar-refractivity contribution in [1.29, 1.82) is 0 Å². The second kappa shape index (κ2) is 13.1. The average molecular weight is 245 g/mol. The predicted molar refractivity (Wildman–Crippen MR) is 76.3 cm³/mol. The maximum atomic E-state index is 5.89. The molecule has 0 bridgehead atoms. The first-order valence-electron chi connectivity index (χ1n) is 7.02. The van der Waals surface area contributed by atoms with Crippen LogP contribution in [0, 0.1) is 0 Å². The molecule has 0 saturated heterocycles. The zero-order valence-corrected chi connectivity index (χ0v) is 11.8. The summed E-state index contributed by atoms with van der Waals surface area (Å²) in [5.41, 5.74) is 0. The van der Waals surface area contributed by atoms with E-state index in [1.807, 2.05) is 6.08 Å². The highest BCUT2D eigenvalue weighted by Gasteiger charge is 1.96. The fraction of sp³-hybridized carbons (Fsp3) is 0.867. The van der Waals surface area contributed by atoms with Crippen molar-refractivity contribution in [2.75, 3.05) is 0 Å². The van der Waals surface area contributed by atoms with Gasteiger partial charge in [-0.3, -0.25) is 0 Å². The fourth-order valence-corrected chi connectivity index (χ4v) is 2.11. The molecular weight excluding hydrogens is 216 g/mol. The van der Waals surface area contributed by atoms with Crippen molar-refractivity contribution in [3.63, 3.8) is 0 Å². The van der Waals surface area contributed by atoms with Crippen LogP contribution in [0.15, 0.2) is 12.7 Å². The van der Waals surface area contributed by atoms with E-state index in [4.69, 9.17) is 11.6 Å². The molecular formula is C15H29Cl. The van der Waals surface area contributed by atoms with Crippen molar-refractivity contribution < 1.29 is 0 Å². The molecule has 0 radical (unpaired) electrons. The minimum absolute atomic E-state index is 0.366. The third-order valence-corrected chi connectivity index (χ3v) is 3.23. The van der Waals surface area contributed by atoms with Crippen LogP contribution in [0.1, 0.15) is 77.6 Å². The lowest BCUT2D eigenvalue weighted by Gasteiger charge is -2.03. The van der Waals surface area contributed by atoms with E-state index < -0.39 is 0 Å². The Hall–Kier alpha value is 0.0300. The molecule has 0 aromatic rings. The van der Waals surface area contributed by atoms with Crippen molar-refractivity contribution in [3.05, 3.63) is 12.7 Å². The summed E-state index contributed by atoms with van der Waals surface area (Å²) in [6.45, 7) is 5.83. The van der Waals surface area contributed by atoms with E-state index >= 15 is 0 Å². The highest BCUT2D eigenvalue weighted by Crippen LogP contribution is 2.13. The third kappa shape index (κ3) is 14.0. The number of halogens is 1. The Bertz CT molecular complexity index is 140. The van der Waals surface area contributed by atoms with Gasteiger partial charge in [0, 0.05) is 5.38 Å². The van der Waals surface area contributed by atoms with E-state index in [-0.39, 0.29) is 0 Å². The first-order chi connectivity index (χ1) is 7.77. The summed E-state index contributed by atoms with van der Waals surface area (Å²) in [6, 6.07) is 0. The van der Waals surface area contributed by atoms with Gasteiger partial charge in [0.2, 0.25) is 0 Å². The summed E-state index contributed by atoms with van der Waals surface area (Å²) in [6.07, 6.45) is 16.9. The van der Waals surface area contributed by atoms with Gasteiger partial charge in [-0.25, -0.2) is 0 Å². The lowest BCUT2D eigenvalue weighted by molar-refractivity contribution is 0.551. The smallest absolute Gasteiger partial charge is 0.0307 e. The molecule has 0 amide bonds. The van der Waals surface area contributed by atoms with Crippen molar-refractivity contribution in [3.8, 4) is 0 Å². The molecule has 0 aliphatic carbocycles.